The van der Waals surface area contributed by atoms with Gasteiger partial charge in [0.1, 0.15) is 24.9 Å². The Labute approximate surface area is 157 Å². The van der Waals surface area contributed by atoms with E-state index in [9.17, 15) is 15.0 Å². The number of ether oxygens (including phenoxy) is 4. The second kappa shape index (κ2) is 7.03. The summed E-state index contributed by atoms with van der Waals surface area (Å²) in [7, 11) is 0. The number of benzene rings is 1. The van der Waals surface area contributed by atoms with Gasteiger partial charge in [-0.05, 0) is 25.8 Å². The summed E-state index contributed by atoms with van der Waals surface area (Å²) in [5, 5.41) is 20.7. The number of likely N-dealkylation sites (tertiary alicyclic amines) is 1. The Morgan fingerprint density at radius 2 is 1.96 bits per heavy atom. The van der Waals surface area contributed by atoms with Gasteiger partial charge in [0, 0.05) is 0 Å². The summed E-state index contributed by atoms with van der Waals surface area (Å²) in [6.45, 7) is 3.78. The molecule has 1 aromatic rings. The molecule has 6 atom stereocenters. The number of carbonyl (C=O) groups is 1. The van der Waals surface area contributed by atoms with E-state index in [0.29, 0.717) is 6.42 Å². The molecule has 2 N–H and O–H groups in total. The largest absolute Gasteiger partial charge is 0.445 e. The predicted molar refractivity (Wildman–Crippen MR) is 92.4 cm³/mol. The van der Waals surface area contributed by atoms with E-state index in [-0.39, 0.29) is 13.2 Å². The Kier molecular flexibility index (Phi) is 4.85. The minimum atomic E-state index is -0.962. The highest BCUT2D eigenvalue weighted by Gasteiger charge is 2.58. The van der Waals surface area contributed by atoms with Crippen LogP contribution >= 0.6 is 0 Å². The molecule has 0 aromatic heterocycles. The van der Waals surface area contributed by atoms with E-state index in [1.807, 2.05) is 30.3 Å². The smallest absolute Gasteiger partial charge is 0.410 e. The van der Waals surface area contributed by atoms with E-state index in [2.05, 4.69) is 0 Å². The molecular weight excluding hydrogens is 354 g/mol. The van der Waals surface area contributed by atoms with Crippen LogP contribution in [0.25, 0.3) is 0 Å². The number of nitrogens with zero attached hydrogens (tertiary/aromatic N) is 1. The first-order valence-electron chi connectivity index (χ1n) is 9.18. The maximum absolute atomic E-state index is 12.6. The second-order valence-corrected chi connectivity index (χ2v) is 7.71. The van der Waals surface area contributed by atoms with E-state index >= 15 is 0 Å². The van der Waals surface area contributed by atoms with Crippen LogP contribution in [0.15, 0.2) is 30.3 Å². The van der Waals surface area contributed by atoms with E-state index in [4.69, 9.17) is 18.9 Å². The number of hydrogen-bond donors (Lipinski definition) is 2. The summed E-state index contributed by atoms with van der Waals surface area (Å²) in [6, 6.07) is 8.84. The van der Waals surface area contributed by atoms with Gasteiger partial charge in [0.05, 0.1) is 18.7 Å². The van der Waals surface area contributed by atoms with Crippen molar-refractivity contribution in [3.05, 3.63) is 35.9 Å². The molecule has 1 amide bonds. The first kappa shape index (κ1) is 18.6. The fraction of sp³-hybridized carbons (Fsp3) is 0.632. The molecule has 0 unspecified atom stereocenters. The van der Waals surface area contributed by atoms with Crippen molar-refractivity contribution in [2.24, 2.45) is 0 Å². The molecule has 3 aliphatic rings. The van der Waals surface area contributed by atoms with Crippen molar-refractivity contribution >= 4 is 6.09 Å². The molecule has 1 aromatic carbocycles. The maximum Gasteiger partial charge on any atom is 0.410 e. The topological polar surface area (TPSA) is 97.7 Å². The zero-order valence-corrected chi connectivity index (χ0v) is 15.4. The molecule has 0 radical (unpaired) electrons. The van der Waals surface area contributed by atoms with Gasteiger partial charge in [-0.1, -0.05) is 30.3 Å². The first-order valence-corrected chi connectivity index (χ1v) is 9.18. The van der Waals surface area contributed by atoms with Crippen LogP contribution in [0.4, 0.5) is 4.79 Å². The van der Waals surface area contributed by atoms with Crippen LogP contribution < -0.4 is 0 Å². The quantitative estimate of drug-likeness (QED) is 0.808. The first-order chi connectivity index (χ1) is 12.8. The molecule has 3 fully saturated rings. The van der Waals surface area contributed by atoms with Gasteiger partial charge in [0.15, 0.2) is 12.1 Å². The lowest BCUT2D eigenvalue weighted by Crippen LogP contribution is -2.48. The molecule has 3 saturated heterocycles. The zero-order valence-electron chi connectivity index (χ0n) is 15.4. The average molecular weight is 379 g/mol. The third-order valence-corrected chi connectivity index (χ3v) is 5.19. The Morgan fingerprint density at radius 1 is 1.22 bits per heavy atom. The third kappa shape index (κ3) is 3.68. The van der Waals surface area contributed by atoms with Crippen molar-refractivity contribution in [1.29, 1.82) is 0 Å². The number of β-amino-alcohol motifs (C(OH)–C–C–N with tert-alkyl or cyclic N) is 1. The highest BCUT2D eigenvalue weighted by molar-refractivity contribution is 5.68. The zero-order chi connectivity index (χ0) is 19.2. The lowest BCUT2D eigenvalue weighted by Gasteiger charge is -2.31. The van der Waals surface area contributed by atoms with Crippen molar-refractivity contribution in [2.45, 2.75) is 69.4 Å². The van der Waals surface area contributed by atoms with Crippen LogP contribution in [-0.4, -0.2) is 70.3 Å². The molecule has 4 rings (SSSR count). The summed E-state index contributed by atoms with van der Waals surface area (Å²) in [5.74, 6) is -0.829. The monoisotopic (exact) mass is 379 g/mol. The average Bonchev–Trinajstić information content (AvgIpc) is 3.25. The molecule has 0 spiro atoms. The molecule has 27 heavy (non-hydrogen) atoms. The minimum Gasteiger partial charge on any atom is -0.445 e. The van der Waals surface area contributed by atoms with Gasteiger partial charge in [-0.25, -0.2) is 4.79 Å². The van der Waals surface area contributed by atoms with Crippen LogP contribution in [0.5, 0.6) is 0 Å². The Bertz CT molecular complexity index is 682. The number of aliphatic hydroxyl groups is 2. The van der Waals surface area contributed by atoms with Crippen molar-refractivity contribution in [3.8, 4) is 0 Å². The van der Waals surface area contributed by atoms with Crippen LogP contribution in [-0.2, 0) is 25.6 Å². The Hall–Kier alpha value is -1.71. The molecule has 148 valence electrons. The summed E-state index contributed by atoms with van der Waals surface area (Å²) in [6.07, 6.45) is -3.94. The van der Waals surface area contributed by atoms with Gasteiger partial charge in [0.2, 0.25) is 0 Å². The minimum absolute atomic E-state index is 0.132. The number of carbonyl (C=O) groups excluding carboxylic acids is 1. The van der Waals surface area contributed by atoms with E-state index in [0.717, 1.165) is 5.56 Å². The molecular formula is C19H25NO7. The normalized spacial score (nSPS) is 37.4. The molecule has 0 saturated carbocycles. The fourth-order valence-corrected chi connectivity index (χ4v) is 4.00. The van der Waals surface area contributed by atoms with Crippen LogP contribution in [0, 0.1) is 0 Å². The third-order valence-electron chi connectivity index (χ3n) is 5.19. The van der Waals surface area contributed by atoms with Crippen LogP contribution in [0.3, 0.4) is 0 Å². The van der Waals surface area contributed by atoms with Gasteiger partial charge in [0.25, 0.3) is 0 Å². The lowest BCUT2D eigenvalue weighted by molar-refractivity contribution is -0.220. The molecule has 3 aliphatic heterocycles. The number of rotatable bonds is 3. The van der Waals surface area contributed by atoms with Crippen LogP contribution in [0.2, 0.25) is 0 Å². The number of aliphatic hydroxyl groups excluding tert-OH is 2. The van der Waals surface area contributed by atoms with Gasteiger partial charge < -0.3 is 29.2 Å². The molecule has 8 heteroatoms. The van der Waals surface area contributed by atoms with Crippen molar-refractivity contribution in [1.82, 2.24) is 4.90 Å². The number of fused-ring (bicyclic) bond motifs is 1. The highest BCUT2D eigenvalue weighted by atomic mass is 16.8. The van der Waals surface area contributed by atoms with Gasteiger partial charge in [-0.2, -0.15) is 0 Å². The van der Waals surface area contributed by atoms with E-state index in [1.54, 1.807) is 13.8 Å². The maximum atomic E-state index is 12.6. The summed E-state index contributed by atoms with van der Waals surface area (Å²) in [4.78, 5) is 14.0. The highest BCUT2D eigenvalue weighted by Crippen LogP contribution is 2.40. The molecule has 0 bridgehead atoms. The van der Waals surface area contributed by atoms with Gasteiger partial charge in [-0.15, -0.1) is 0 Å². The Balaban J connectivity index is 1.42. The summed E-state index contributed by atoms with van der Waals surface area (Å²) in [5.41, 5.74) is 0.873. The SMILES string of the molecule is CC1(C)O[C@H]2O[C@H]([C@@H]3C[C@H](O)CN3C(=O)OCc3ccccc3)[C@H](O)[C@H]2O1. The second-order valence-electron chi connectivity index (χ2n) is 7.71. The number of amides is 1. The van der Waals surface area contributed by atoms with E-state index in [1.165, 1.54) is 4.90 Å². The van der Waals surface area contributed by atoms with Crippen molar-refractivity contribution in [3.63, 3.8) is 0 Å². The summed E-state index contributed by atoms with van der Waals surface area (Å²) < 4.78 is 22.6. The van der Waals surface area contributed by atoms with Gasteiger partial charge in [-0.3, -0.25) is 4.90 Å². The number of hydrogen-bond acceptors (Lipinski definition) is 7. The van der Waals surface area contributed by atoms with Crippen LogP contribution in [0.1, 0.15) is 25.8 Å². The standard InChI is InChI=1S/C19H25NO7/c1-19(2)26-16-14(22)15(25-17(16)27-19)13-8-12(21)9-20(13)18(23)24-10-11-6-4-3-5-7-11/h3-7,12-17,21-22H,8-10H2,1-2H3/t12-,13-,14-,15+,16+,17+/m0/s1. The van der Waals surface area contributed by atoms with Crippen molar-refractivity contribution in [2.75, 3.05) is 6.54 Å². The van der Waals surface area contributed by atoms with Gasteiger partial charge >= 0.3 is 6.09 Å². The summed E-state index contributed by atoms with van der Waals surface area (Å²) >= 11 is 0. The lowest BCUT2D eigenvalue weighted by atomic mass is 10.0. The van der Waals surface area contributed by atoms with Crippen molar-refractivity contribution < 1.29 is 34.0 Å². The molecule has 0 aliphatic carbocycles. The Morgan fingerprint density at radius 3 is 2.67 bits per heavy atom. The molecule has 3 heterocycles. The van der Waals surface area contributed by atoms with E-state index < -0.39 is 48.6 Å². The predicted octanol–water partition coefficient (Wildman–Crippen LogP) is 0.996. The fourth-order valence-electron chi connectivity index (χ4n) is 4.00. The molecule has 8 nitrogen and oxygen atoms in total.